The van der Waals surface area contributed by atoms with Gasteiger partial charge in [0, 0.05) is 30.1 Å². The number of aryl methyl sites for hydroxylation is 1. The van der Waals surface area contributed by atoms with Crippen LogP contribution in [0.1, 0.15) is 31.6 Å². The molecule has 1 aliphatic carbocycles. The highest BCUT2D eigenvalue weighted by atomic mass is 32.2. The monoisotopic (exact) mass is 370 g/mol. The molecule has 1 N–H and O–H groups in total. The van der Waals surface area contributed by atoms with E-state index < -0.39 is 0 Å². The first-order valence-corrected chi connectivity index (χ1v) is 9.26. The first kappa shape index (κ1) is 16.8. The summed E-state index contributed by atoms with van der Waals surface area (Å²) in [6.45, 7) is 3.62. The standard InChI is InChI=1S/C17H18N6O2S/c1-10-9-14(22-25-10)19-16(24)11(2)26-17-21-20-15(23(17)13-3-4-13)12-5-7-18-8-6-12/h5-9,11,13H,3-4H2,1-2H3,(H,19,22,24). The lowest BCUT2D eigenvalue weighted by atomic mass is 10.2. The maximum atomic E-state index is 12.4. The van der Waals surface area contributed by atoms with Gasteiger partial charge in [0.1, 0.15) is 5.76 Å². The molecule has 0 aliphatic heterocycles. The number of amides is 1. The van der Waals surface area contributed by atoms with E-state index in [4.69, 9.17) is 4.52 Å². The van der Waals surface area contributed by atoms with Crippen molar-refractivity contribution in [3.8, 4) is 11.4 Å². The molecule has 134 valence electrons. The van der Waals surface area contributed by atoms with Crippen LogP contribution in [0.4, 0.5) is 5.82 Å². The van der Waals surface area contributed by atoms with Gasteiger partial charge in [-0.05, 0) is 38.8 Å². The van der Waals surface area contributed by atoms with Crippen LogP contribution in [0, 0.1) is 6.92 Å². The number of rotatable bonds is 6. The Bertz CT molecular complexity index is 918. The second-order valence-electron chi connectivity index (χ2n) is 6.22. The fraction of sp³-hybridized carbons (Fsp3) is 0.353. The zero-order valence-corrected chi connectivity index (χ0v) is 15.2. The van der Waals surface area contributed by atoms with Gasteiger partial charge in [0.05, 0.1) is 5.25 Å². The maximum absolute atomic E-state index is 12.4. The molecule has 1 aliphatic rings. The quantitative estimate of drug-likeness (QED) is 0.666. The van der Waals surface area contributed by atoms with E-state index in [0.717, 1.165) is 29.4 Å². The zero-order chi connectivity index (χ0) is 18.1. The highest BCUT2D eigenvalue weighted by Crippen LogP contribution is 2.41. The summed E-state index contributed by atoms with van der Waals surface area (Å²) in [5, 5.41) is 15.6. The normalized spacial score (nSPS) is 15.0. The van der Waals surface area contributed by atoms with Gasteiger partial charge >= 0.3 is 0 Å². The number of thioether (sulfide) groups is 1. The number of nitrogens with zero attached hydrogens (tertiary/aromatic N) is 5. The predicted octanol–water partition coefficient (Wildman–Crippen LogP) is 3.09. The first-order valence-electron chi connectivity index (χ1n) is 8.38. The van der Waals surface area contributed by atoms with Crippen molar-refractivity contribution in [3.05, 3.63) is 36.4 Å². The minimum Gasteiger partial charge on any atom is -0.360 e. The van der Waals surface area contributed by atoms with Gasteiger partial charge in [-0.2, -0.15) is 0 Å². The highest BCUT2D eigenvalue weighted by molar-refractivity contribution is 8.00. The topological polar surface area (TPSA) is 98.7 Å². The number of hydrogen-bond donors (Lipinski definition) is 1. The summed E-state index contributed by atoms with van der Waals surface area (Å²) >= 11 is 1.39. The van der Waals surface area contributed by atoms with E-state index in [1.54, 1.807) is 25.4 Å². The van der Waals surface area contributed by atoms with E-state index in [2.05, 4.69) is 30.2 Å². The number of nitrogens with one attached hydrogen (secondary N) is 1. The summed E-state index contributed by atoms with van der Waals surface area (Å²) < 4.78 is 7.10. The van der Waals surface area contributed by atoms with E-state index in [-0.39, 0.29) is 11.2 Å². The van der Waals surface area contributed by atoms with E-state index in [1.165, 1.54) is 11.8 Å². The summed E-state index contributed by atoms with van der Waals surface area (Å²) in [5.74, 6) is 1.73. The Morgan fingerprint density at radius 1 is 1.35 bits per heavy atom. The molecule has 1 fully saturated rings. The third kappa shape index (κ3) is 3.48. The largest absolute Gasteiger partial charge is 0.360 e. The van der Waals surface area contributed by atoms with Crippen molar-refractivity contribution in [1.82, 2.24) is 24.9 Å². The molecule has 9 heteroatoms. The van der Waals surface area contributed by atoms with E-state index in [0.29, 0.717) is 17.6 Å². The predicted molar refractivity (Wildman–Crippen MR) is 96.7 cm³/mol. The highest BCUT2D eigenvalue weighted by Gasteiger charge is 2.31. The lowest BCUT2D eigenvalue weighted by Gasteiger charge is -2.12. The van der Waals surface area contributed by atoms with Crippen LogP contribution in [0.25, 0.3) is 11.4 Å². The van der Waals surface area contributed by atoms with Crippen LogP contribution in [0.2, 0.25) is 0 Å². The van der Waals surface area contributed by atoms with Crippen LogP contribution < -0.4 is 5.32 Å². The Kier molecular flexibility index (Phi) is 4.46. The molecule has 26 heavy (non-hydrogen) atoms. The van der Waals surface area contributed by atoms with Crippen molar-refractivity contribution < 1.29 is 9.32 Å². The molecule has 3 aromatic rings. The molecule has 0 aromatic carbocycles. The summed E-state index contributed by atoms with van der Waals surface area (Å²) in [5.41, 5.74) is 0.974. The zero-order valence-electron chi connectivity index (χ0n) is 14.4. The van der Waals surface area contributed by atoms with Gasteiger partial charge in [0.15, 0.2) is 16.8 Å². The molecule has 4 rings (SSSR count). The Morgan fingerprint density at radius 3 is 2.77 bits per heavy atom. The molecule has 1 saturated carbocycles. The van der Waals surface area contributed by atoms with Gasteiger partial charge in [-0.25, -0.2) is 0 Å². The average Bonchev–Trinajstić information content (AvgIpc) is 3.27. The minimum absolute atomic E-state index is 0.154. The SMILES string of the molecule is Cc1cc(NC(=O)C(C)Sc2nnc(-c3ccncc3)n2C2CC2)no1. The van der Waals surface area contributed by atoms with Crippen molar-refractivity contribution in [2.45, 2.75) is 43.1 Å². The third-order valence-corrected chi connectivity index (χ3v) is 5.10. The Balaban J connectivity index is 1.52. The number of anilines is 1. The lowest BCUT2D eigenvalue weighted by molar-refractivity contribution is -0.115. The number of aromatic nitrogens is 5. The van der Waals surface area contributed by atoms with Crippen molar-refractivity contribution in [2.75, 3.05) is 5.32 Å². The molecule has 0 bridgehead atoms. The van der Waals surface area contributed by atoms with Gasteiger partial charge in [0.25, 0.3) is 0 Å². The van der Waals surface area contributed by atoms with Crippen molar-refractivity contribution in [1.29, 1.82) is 0 Å². The third-order valence-electron chi connectivity index (χ3n) is 4.05. The lowest BCUT2D eigenvalue weighted by Crippen LogP contribution is -2.23. The Hall–Kier alpha value is -2.68. The maximum Gasteiger partial charge on any atom is 0.238 e. The van der Waals surface area contributed by atoms with Gasteiger partial charge < -0.3 is 9.84 Å². The summed E-state index contributed by atoms with van der Waals surface area (Å²) in [7, 11) is 0. The van der Waals surface area contributed by atoms with Crippen LogP contribution in [-0.4, -0.2) is 36.1 Å². The number of pyridine rings is 1. The van der Waals surface area contributed by atoms with Gasteiger partial charge in [-0.3, -0.25) is 14.3 Å². The summed E-state index contributed by atoms with van der Waals surface area (Å²) in [6.07, 6.45) is 5.68. The molecule has 1 amide bonds. The number of carbonyl (C=O) groups is 1. The minimum atomic E-state index is -0.348. The molecule has 3 aromatic heterocycles. The van der Waals surface area contributed by atoms with Crippen molar-refractivity contribution in [3.63, 3.8) is 0 Å². The van der Waals surface area contributed by atoms with Crippen LogP contribution >= 0.6 is 11.8 Å². The summed E-state index contributed by atoms with van der Waals surface area (Å²) in [4.78, 5) is 16.5. The van der Waals surface area contributed by atoms with Crippen LogP contribution in [0.15, 0.2) is 40.3 Å². The Labute approximate surface area is 154 Å². The van der Waals surface area contributed by atoms with Crippen LogP contribution in [0.5, 0.6) is 0 Å². The first-order chi connectivity index (χ1) is 12.6. The molecule has 1 atom stereocenters. The van der Waals surface area contributed by atoms with Gasteiger partial charge in [-0.1, -0.05) is 16.9 Å². The van der Waals surface area contributed by atoms with Crippen molar-refractivity contribution >= 4 is 23.5 Å². The fourth-order valence-corrected chi connectivity index (χ4v) is 3.50. The average molecular weight is 370 g/mol. The molecule has 8 nitrogen and oxygen atoms in total. The molecule has 0 radical (unpaired) electrons. The van der Waals surface area contributed by atoms with E-state index in [1.807, 2.05) is 19.1 Å². The molecule has 0 saturated heterocycles. The number of hydrogen-bond acceptors (Lipinski definition) is 7. The molecule has 3 heterocycles. The summed E-state index contributed by atoms with van der Waals surface area (Å²) in [6, 6.07) is 5.91. The number of carbonyl (C=O) groups excluding carboxylic acids is 1. The second kappa shape index (κ2) is 6.91. The molecular weight excluding hydrogens is 352 g/mol. The van der Waals surface area contributed by atoms with Crippen molar-refractivity contribution in [2.24, 2.45) is 0 Å². The van der Waals surface area contributed by atoms with E-state index >= 15 is 0 Å². The molecular formula is C17H18N6O2S. The Morgan fingerprint density at radius 2 is 2.12 bits per heavy atom. The van der Waals surface area contributed by atoms with Gasteiger partial charge in [0.2, 0.25) is 5.91 Å². The fourth-order valence-electron chi connectivity index (χ4n) is 2.58. The smallest absolute Gasteiger partial charge is 0.238 e. The van der Waals surface area contributed by atoms with Crippen LogP contribution in [-0.2, 0) is 4.79 Å². The van der Waals surface area contributed by atoms with Gasteiger partial charge in [-0.15, -0.1) is 10.2 Å². The molecule has 1 unspecified atom stereocenters. The molecule has 0 spiro atoms. The second-order valence-corrected chi connectivity index (χ2v) is 7.52. The van der Waals surface area contributed by atoms with Crippen LogP contribution in [0.3, 0.4) is 0 Å². The van der Waals surface area contributed by atoms with E-state index in [9.17, 15) is 4.79 Å².